The first-order valence-electron chi connectivity index (χ1n) is 10.4. The first-order chi connectivity index (χ1) is 15.9. The van der Waals surface area contributed by atoms with E-state index in [1.165, 1.54) is 10.4 Å². The van der Waals surface area contributed by atoms with Crippen LogP contribution in [0.3, 0.4) is 0 Å². The maximum atomic E-state index is 12.3. The molecule has 33 heavy (non-hydrogen) atoms. The van der Waals surface area contributed by atoms with E-state index in [0.29, 0.717) is 41.6 Å². The monoisotopic (exact) mass is 464 g/mol. The molecule has 1 saturated heterocycles. The number of carbonyl (C=O) groups excluding carboxylic acids is 1. The summed E-state index contributed by atoms with van der Waals surface area (Å²) in [6.45, 7) is 0.503. The number of nitrogens with one attached hydrogen (secondary N) is 1. The molecule has 1 aliphatic rings. The van der Waals surface area contributed by atoms with E-state index in [4.69, 9.17) is 9.47 Å². The van der Waals surface area contributed by atoms with E-state index in [1.54, 1.807) is 61.7 Å². The summed E-state index contributed by atoms with van der Waals surface area (Å²) in [6.07, 6.45) is 3.75. The third kappa shape index (κ3) is 5.53. The number of amides is 1. The fourth-order valence-corrected chi connectivity index (χ4v) is 5.04. The summed E-state index contributed by atoms with van der Waals surface area (Å²) >= 11 is 0. The number of sulfonamides is 1. The van der Waals surface area contributed by atoms with Crippen LogP contribution in [0.4, 0.5) is 11.4 Å². The molecule has 0 atom stereocenters. The second-order valence-electron chi connectivity index (χ2n) is 7.43. The number of ether oxygens (including phenoxy) is 2. The molecular weight excluding hydrogens is 440 g/mol. The molecular formula is C25H24N2O5S. The average Bonchev–Trinajstić information content (AvgIpc) is 3.18. The number of carbonyl (C=O) groups is 1. The Bertz CT molecular complexity index is 1250. The molecule has 1 aliphatic heterocycles. The minimum atomic E-state index is -3.20. The van der Waals surface area contributed by atoms with Gasteiger partial charge in [-0.1, -0.05) is 24.3 Å². The fraction of sp³-hybridized carbons (Fsp3) is 0.160. The molecule has 3 aromatic rings. The zero-order chi connectivity index (χ0) is 23.3. The van der Waals surface area contributed by atoms with Crippen LogP contribution in [0.1, 0.15) is 12.0 Å². The van der Waals surface area contributed by atoms with E-state index in [2.05, 4.69) is 5.32 Å². The number of para-hydroxylation sites is 2. The van der Waals surface area contributed by atoms with Gasteiger partial charge in [0.25, 0.3) is 0 Å². The van der Waals surface area contributed by atoms with E-state index < -0.39 is 10.0 Å². The number of hydrogen-bond donors (Lipinski definition) is 1. The Hall–Kier alpha value is -3.78. The van der Waals surface area contributed by atoms with E-state index in [9.17, 15) is 13.2 Å². The molecule has 0 saturated carbocycles. The molecule has 1 N–H and O–H groups in total. The highest BCUT2D eigenvalue weighted by Gasteiger charge is 2.28. The molecule has 0 unspecified atom stereocenters. The maximum absolute atomic E-state index is 12.3. The number of anilines is 2. The summed E-state index contributed by atoms with van der Waals surface area (Å²) in [6, 6.07) is 21.5. The van der Waals surface area contributed by atoms with Crippen molar-refractivity contribution in [2.45, 2.75) is 6.42 Å². The highest BCUT2D eigenvalue weighted by Crippen LogP contribution is 2.31. The van der Waals surface area contributed by atoms with Crippen molar-refractivity contribution in [1.29, 1.82) is 0 Å². The predicted molar refractivity (Wildman–Crippen MR) is 129 cm³/mol. The summed E-state index contributed by atoms with van der Waals surface area (Å²) in [5.41, 5.74) is 2.07. The molecule has 0 aliphatic carbocycles. The van der Waals surface area contributed by atoms with Gasteiger partial charge in [0.2, 0.25) is 15.9 Å². The summed E-state index contributed by atoms with van der Waals surface area (Å²) in [5.74, 6) is 1.76. The van der Waals surface area contributed by atoms with E-state index in [0.717, 1.165) is 5.56 Å². The lowest BCUT2D eigenvalue weighted by Crippen LogP contribution is -2.24. The second-order valence-corrected chi connectivity index (χ2v) is 9.45. The van der Waals surface area contributed by atoms with Crippen molar-refractivity contribution in [2.24, 2.45) is 0 Å². The predicted octanol–water partition coefficient (Wildman–Crippen LogP) is 4.68. The highest BCUT2D eigenvalue weighted by molar-refractivity contribution is 7.93. The summed E-state index contributed by atoms with van der Waals surface area (Å²) in [7, 11) is -1.62. The molecule has 0 spiro atoms. The van der Waals surface area contributed by atoms with Crippen molar-refractivity contribution in [1.82, 2.24) is 0 Å². The van der Waals surface area contributed by atoms with Crippen LogP contribution < -0.4 is 19.1 Å². The van der Waals surface area contributed by atoms with Gasteiger partial charge >= 0.3 is 0 Å². The van der Waals surface area contributed by atoms with Crippen molar-refractivity contribution < 1.29 is 22.7 Å². The van der Waals surface area contributed by atoms with E-state index in [-0.39, 0.29) is 11.7 Å². The quantitative estimate of drug-likeness (QED) is 0.513. The van der Waals surface area contributed by atoms with Gasteiger partial charge in [0, 0.05) is 18.3 Å². The van der Waals surface area contributed by atoms with Gasteiger partial charge in [-0.15, -0.1) is 0 Å². The lowest BCUT2D eigenvalue weighted by molar-refractivity contribution is -0.111. The standard InChI is InChI=1S/C25H24N2O5S/c1-31-23-5-2-3-6-24(23)32-22-14-10-20(11-15-22)26-25(28)16-9-19-7-12-21(13-8-19)27-17-4-18-33(27,29)30/h2-3,5-16H,4,17-18H2,1H3,(H,26,28)/b16-9+. The molecule has 8 heteroatoms. The Morgan fingerprint density at radius 1 is 0.970 bits per heavy atom. The van der Waals surface area contributed by atoms with Crippen LogP contribution in [0.5, 0.6) is 17.2 Å². The molecule has 4 rings (SSSR count). The van der Waals surface area contributed by atoms with Gasteiger partial charge in [0.05, 0.1) is 18.6 Å². The molecule has 1 amide bonds. The van der Waals surface area contributed by atoms with Crippen LogP contribution in [-0.2, 0) is 14.8 Å². The van der Waals surface area contributed by atoms with Crippen molar-refractivity contribution >= 4 is 33.4 Å². The molecule has 3 aromatic carbocycles. The second kappa shape index (κ2) is 9.79. The van der Waals surface area contributed by atoms with Gasteiger partial charge in [0.15, 0.2) is 11.5 Å². The fourth-order valence-electron chi connectivity index (χ4n) is 3.47. The molecule has 0 radical (unpaired) electrons. The minimum Gasteiger partial charge on any atom is -0.493 e. The highest BCUT2D eigenvalue weighted by atomic mass is 32.2. The van der Waals surface area contributed by atoms with Crippen LogP contribution in [0, 0.1) is 0 Å². The summed E-state index contributed by atoms with van der Waals surface area (Å²) in [5, 5.41) is 2.80. The van der Waals surface area contributed by atoms with Crippen molar-refractivity contribution in [3.05, 3.63) is 84.4 Å². The largest absolute Gasteiger partial charge is 0.493 e. The van der Waals surface area contributed by atoms with Gasteiger partial charge in [-0.2, -0.15) is 0 Å². The zero-order valence-electron chi connectivity index (χ0n) is 18.1. The van der Waals surface area contributed by atoms with Gasteiger partial charge in [-0.25, -0.2) is 8.42 Å². The number of methoxy groups -OCH3 is 1. The maximum Gasteiger partial charge on any atom is 0.248 e. The molecule has 0 bridgehead atoms. The molecule has 7 nitrogen and oxygen atoms in total. The number of nitrogens with zero attached hydrogens (tertiary/aromatic N) is 1. The van der Waals surface area contributed by atoms with Crippen molar-refractivity contribution in [3.63, 3.8) is 0 Å². The van der Waals surface area contributed by atoms with Crippen LogP contribution in [-0.4, -0.2) is 33.7 Å². The van der Waals surface area contributed by atoms with Crippen LogP contribution in [0.25, 0.3) is 6.08 Å². The Balaban J connectivity index is 1.34. The number of rotatable bonds is 7. The Morgan fingerprint density at radius 3 is 2.30 bits per heavy atom. The van der Waals surface area contributed by atoms with E-state index in [1.807, 2.05) is 24.3 Å². The van der Waals surface area contributed by atoms with Crippen molar-refractivity contribution in [2.75, 3.05) is 29.0 Å². The zero-order valence-corrected chi connectivity index (χ0v) is 18.9. The third-order valence-electron chi connectivity index (χ3n) is 5.13. The Labute approximate surface area is 193 Å². The van der Waals surface area contributed by atoms with Crippen molar-refractivity contribution in [3.8, 4) is 17.2 Å². The number of hydrogen-bond acceptors (Lipinski definition) is 5. The van der Waals surface area contributed by atoms with Gasteiger partial charge in [0.1, 0.15) is 5.75 Å². The summed E-state index contributed by atoms with van der Waals surface area (Å²) < 4.78 is 36.6. The number of benzene rings is 3. The molecule has 170 valence electrons. The van der Waals surface area contributed by atoms with Crippen LogP contribution in [0.2, 0.25) is 0 Å². The first kappa shape index (κ1) is 22.4. The van der Waals surface area contributed by atoms with Crippen LogP contribution >= 0.6 is 0 Å². The third-order valence-corrected chi connectivity index (χ3v) is 7.00. The van der Waals surface area contributed by atoms with E-state index >= 15 is 0 Å². The Kier molecular flexibility index (Phi) is 6.65. The normalized spacial score (nSPS) is 14.9. The Morgan fingerprint density at radius 2 is 1.67 bits per heavy atom. The van der Waals surface area contributed by atoms with Crippen LogP contribution in [0.15, 0.2) is 78.9 Å². The SMILES string of the molecule is COc1ccccc1Oc1ccc(NC(=O)/C=C/c2ccc(N3CCCS3(=O)=O)cc2)cc1. The lowest BCUT2D eigenvalue weighted by Gasteiger charge is -2.16. The smallest absolute Gasteiger partial charge is 0.248 e. The lowest BCUT2D eigenvalue weighted by atomic mass is 10.2. The van der Waals surface area contributed by atoms with Gasteiger partial charge in [-0.05, 0) is 66.6 Å². The summed E-state index contributed by atoms with van der Waals surface area (Å²) in [4.78, 5) is 12.3. The van der Waals surface area contributed by atoms with Gasteiger partial charge < -0.3 is 14.8 Å². The topological polar surface area (TPSA) is 84.9 Å². The average molecular weight is 465 g/mol. The van der Waals surface area contributed by atoms with Gasteiger partial charge in [-0.3, -0.25) is 9.10 Å². The first-order valence-corrected chi connectivity index (χ1v) is 12.1. The molecule has 1 heterocycles. The molecule has 1 fully saturated rings. The minimum absolute atomic E-state index is 0.183. The molecule has 0 aromatic heterocycles.